The van der Waals surface area contributed by atoms with Crippen molar-refractivity contribution >= 4 is 40.3 Å². The van der Waals surface area contributed by atoms with Crippen LogP contribution in [0.25, 0.3) is 21.7 Å². The number of carbonyl (C=O) groups is 2. The molecule has 8 heterocycles. The van der Waals surface area contributed by atoms with Crippen LogP contribution in [-0.4, -0.2) is 127 Å². The second-order valence-corrected chi connectivity index (χ2v) is 20.4. The maximum Gasteiger partial charge on any atom is 0.243 e. The van der Waals surface area contributed by atoms with Crippen molar-refractivity contribution in [1.29, 1.82) is 0 Å². The summed E-state index contributed by atoms with van der Waals surface area (Å²) in [5.41, 5.74) is 14.7. The number of rotatable bonds is 14. The number of aliphatic hydroxyl groups excluding tert-OH is 1. The summed E-state index contributed by atoms with van der Waals surface area (Å²) < 4.78 is 12.0. The van der Waals surface area contributed by atoms with E-state index >= 15 is 0 Å². The fourth-order valence-electron chi connectivity index (χ4n) is 10.6. The molecule has 0 radical (unpaired) electrons. The molecule has 2 unspecified atom stereocenters. The van der Waals surface area contributed by atoms with Gasteiger partial charge in [0.05, 0.1) is 52.8 Å². The van der Waals surface area contributed by atoms with Crippen LogP contribution >= 0.6 is 11.3 Å². The summed E-state index contributed by atoms with van der Waals surface area (Å²) in [4.78, 5) is 46.5. The van der Waals surface area contributed by atoms with Gasteiger partial charge in [0, 0.05) is 86.7 Å². The Labute approximate surface area is 417 Å². The topological polar surface area (TPSA) is 212 Å². The highest BCUT2D eigenvalue weighted by molar-refractivity contribution is 7.13. The number of fused-ring (bicyclic) bond motifs is 2. The number of anilines is 3. The Balaban J connectivity index is 0.693. The van der Waals surface area contributed by atoms with Crippen molar-refractivity contribution in [3.05, 3.63) is 107 Å². The largest absolute Gasteiger partial charge is 0.507 e. The molecule has 18 heteroatoms. The fraction of sp³-hybridized carbons (Fsp3) is 0.415. The summed E-state index contributed by atoms with van der Waals surface area (Å²) in [6.45, 7) is 12.1. The van der Waals surface area contributed by atoms with E-state index in [1.165, 1.54) is 4.90 Å². The number of hydrogen-bond donors (Lipinski definition) is 4. The van der Waals surface area contributed by atoms with Crippen LogP contribution in [0, 0.1) is 30.6 Å². The highest BCUT2D eigenvalue weighted by Crippen LogP contribution is 2.40. The van der Waals surface area contributed by atoms with E-state index in [0.29, 0.717) is 53.5 Å². The lowest BCUT2D eigenvalue weighted by Crippen LogP contribution is -2.54. The van der Waals surface area contributed by atoms with Gasteiger partial charge in [-0.25, -0.2) is 9.97 Å². The van der Waals surface area contributed by atoms with Crippen LogP contribution in [0.3, 0.4) is 0 Å². The Morgan fingerprint density at radius 1 is 0.972 bits per heavy atom. The zero-order valence-electron chi connectivity index (χ0n) is 40.3. The van der Waals surface area contributed by atoms with Gasteiger partial charge in [-0.2, -0.15) is 0 Å². The molecule has 71 heavy (non-hydrogen) atoms. The third-order valence-electron chi connectivity index (χ3n) is 14.2. The minimum atomic E-state index is -0.830. The molecule has 6 aromatic rings. The quantitative estimate of drug-likeness (QED) is 0.0916. The first-order chi connectivity index (χ1) is 34.4. The van der Waals surface area contributed by atoms with Gasteiger partial charge in [-0.05, 0) is 73.9 Å². The molecule has 17 nitrogen and oxygen atoms in total. The van der Waals surface area contributed by atoms with Crippen LogP contribution in [-0.2, 0) is 9.59 Å². The van der Waals surface area contributed by atoms with E-state index < -0.39 is 18.1 Å². The van der Waals surface area contributed by atoms with Crippen molar-refractivity contribution in [3.8, 4) is 45.2 Å². The summed E-state index contributed by atoms with van der Waals surface area (Å²) in [5.74, 6) is 6.65. The summed E-state index contributed by atoms with van der Waals surface area (Å²) in [7, 11) is 0. The van der Waals surface area contributed by atoms with E-state index in [2.05, 4.69) is 63.2 Å². The number of thiazole rings is 1. The highest BCUT2D eigenvalue weighted by Gasteiger charge is 2.44. The first kappa shape index (κ1) is 47.6. The molecule has 10 rings (SSSR count). The van der Waals surface area contributed by atoms with E-state index in [-0.39, 0.29) is 54.6 Å². The summed E-state index contributed by atoms with van der Waals surface area (Å²) in [6.07, 6.45) is 3.25. The zero-order valence-corrected chi connectivity index (χ0v) is 41.1. The molecule has 2 amide bonds. The highest BCUT2D eigenvalue weighted by atomic mass is 32.1. The molecule has 0 spiro atoms. The van der Waals surface area contributed by atoms with Crippen LogP contribution in [0.15, 0.2) is 89.0 Å². The van der Waals surface area contributed by atoms with Gasteiger partial charge in [0.15, 0.2) is 17.3 Å². The number of nitrogens with one attached hydrogen (secondary N) is 1. The number of aromatic nitrogens is 5. The van der Waals surface area contributed by atoms with E-state index in [4.69, 9.17) is 15.0 Å². The Morgan fingerprint density at radius 2 is 1.75 bits per heavy atom. The Morgan fingerprint density at radius 3 is 2.48 bits per heavy atom. The second kappa shape index (κ2) is 20.3. The number of ether oxygens (including phenoxy) is 1. The molecule has 2 aromatic carbocycles. The molecule has 4 fully saturated rings. The van der Waals surface area contributed by atoms with Gasteiger partial charge in [-0.15, -0.1) is 21.5 Å². The summed E-state index contributed by atoms with van der Waals surface area (Å²) >= 11 is 1.59. The monoisotopic (exact) mass is 977 g/mol. The van der Waals surface area contributed by atoms with Gasteiger partial charge in [0.1, 0.15) is 17.7 Å². The van der Waals surface area contributed by atoms with E-state index in [9.17, 15) is 19.8 Å². The van der Waals surface area contributed by atoms with Crippen LogP contribution in [0.5, 0.6) is 11.6 Å². The van der Waals surface area contributed by atoms with Crippen molar-refractivity contribution in [2.24, 2.45) is 11.8 Å². The molecule has 4 saturated heterocycles. The number of aromatic hydroxyl groups is 1. The second-order valence-electron chi connectivity index (χ2n) is 19.6. The number of benzene rings is 2. The molecule has 6 atom stereocenters. The number of piperazine rings is 1. The van der Waals surface area contributed by atoms with E-state index in [1.807, 2.05) is 87.9 Å². The maximum absolute atomic E-state index is 14.2. The molecule has 4 aromatic heterocycles. The number of nitrogens with two attached hydrogens (primary N) is 1. The molecule has 4 aliphatic rings. The predicted molar refractivity (Wildman–Crippen MR) is 271 cm³/mol. The molecule has 368 valence electrons. The van der Waals surface area contributed by atoms with Crippen molar-refractivity contribution in [2.75, 3.05) is 61.4 Å². The molecule has 5 N–H and O–H groups in total. The Kier molecular flexibility index (Phi) is 13.6. The fourth-order valence-corrected chi connectivity index (χ4v) is 11.4. The number of aliphatic hydroxyl groups is 1. The molecule has 2 bridgehead atoms. The third-order valence-corrected chi connectivity index (χ3v) is 15.2. The average Bonchev–Trinajstić information content (AvgIpc) is 4.15. The predicted octanol–water partition coefficient (Wildman–Crippen LogP) is 6.05. The molecular weight excluding hydrogens is 919 g/mol. The van der Waals surface area contributed by atoms with Gasteiger partial charge in [-0.3, -0.25) is 14.5 Å². The molecular formula is C53H59N11O6S. The standard InChI is InChI=1S/C53H59N11O6S/c1-31(2)49(53(68)63-28-41(65)22-45(63)52(67)57-32(3)35-11-13-36(14-12-35)50-33(4)56-30-71-50)47-20-37(60-70-47)8-7-19-61-24-34(25-61)29-69-48-21-38(17-18-55-48)64-39-15-16-40(64)27-62(26-39)44-23-43(58-59-51(44)54)42-9-5-6-10-46(42)66/h5-6,9-14,17-18,20-21,23,30-32,34,39-41,45,49,65-66H,15-16,19,22,24-29H2,1-4H3,(H2,54,59)(H,57,67)/t32-,39?,40?,41+,45-,49+/m0/s1. The van der Waals surface area contributed by atoms with E-state index in [1.54, 1.807) is 29.5 Å². The molecule has 0 saturated carbocycles. The van der Waals surface area contributed by atoms with Crippen molar-refractivity contribution in [1.82, 2.24) is 40.4 Å². The number of β-amino-alcohol motifs (C(OH)–C–C–N with tert-alkyl or cyclic N) is 1. The minimum Gasteiger partial charge on any atom is -0.507 e. The number of likely N-dealkylation sites (tertiary alicyclic amines) is 2. The number of carbonyl (C=O) groups excluding carboxylic acids is 2. The van der Waals surface area contributed by atoms with Gasteiger partial charge >= 0.3 is 0 Å². The smallest absolute Gasteiger partial charge is 0.243 e. The number of nitrogens with zero attached hydrogens (tertiary/aromatic N) is 9. The zero-order chi connectivity index (χ0) is 49.3. The van der Waals surface area contributed by atoms with Crippen LogP contribution in [0.4, 0.5) is 17.2 Å². The number of hydrogen-bond acceptors (Lipinski definition) is 16. The van der Waals surface area contributed by atoms with Crippen molar-refractivity contribution < 1.29 is 29.1 Å². The number of phenols is 1. The third kappa shape index (κ3) is 10.1. The number of nitrogen functional groups attached to an aromatic ring is 1. The lowest BCUT2D eigenvalue weighted by atomic mass is 9.91. The number of pyridine rings is 1. The van der Waals surface area contributed by atoms with Gasteiger partial charge in [0.2, 0.25) is 17.7 Å². The number of phenolic OH excluding ortho intramolecular Hbond substituents is 1. The van der Waals surface area contributed by atoms with Gasteiger partial charge in [-0.1, -0.05) is 61.3 Å². The van der Waals surface area contributed by atoms with Crippen LogP contribution in [0.2, 0.25) is 0 Å². The number of aryl methyl sites for hydroxylation is 1. The summed E-state index contributed by atoms with van der Waals surface area (Å²) in [6, 6.07) is 22.3. The molecule has 4 aliphatic heterocycles. The first-order valence-electron chi connectivity index (χ1n) is 24.4. The maximum atomic E-state index is 14.2. The van der Waals surface area contributed by atoms with Gasteiger partial charge < -0.3 is 45.2 Å². The number of para-hydroxylation sites is 1. The van der Waals surface area contributed by atoms with Crippen molar-refractivity contribution in [3.63, 3.8) is 0 Å². The lowest BCUT2D eigenvalue weighted by Gasteiger charge is -2.43. The lowest BCUT2D eigenvalue weighted by molar-refractivity contribution is -0.141. The van der Waals surface area contributed by atoms with E-state index in [0.717, 1.165) is 72.1 Å². The Hall–Kier alpha value is -7.07. The van der Waals surface area contributed by atoms with Crippen molar-refractivity contribution in [2.45, 2.75) is 83.1 Å². The molecule has 0 aliphatic carbocycles. The van der Waals surface area contributed by atoms with Crippen LogP contribution < -0.4 is 25.6 Å². The normalized spacial score (nSPS) is 20.9. The van der Waals surface area contributed by atoms with Crippen LogP contribution in [0.1, 0.15) is 74.7 Å². The Bertz CT molecular complexity index is 2930. The SMILES string of the molecule is Cc1ncsc1-c1ccc([C@H](C)NC(=O)[C@@H]2C[C@@H](O)CN2C(=O)[C@@H](c2cc(C#CCN3CC(COc4cc(N5C6CCC5CN(c5cc(-c7ccccc7O)nnc5N)C6)ccn4)C3)no2)C(C)C)cc1. The first-order valence-corrected chi connectivity index (χ1v) is 25.3. The summed E-state index contributed by atoms with van der Waals surface area (Å²) in [5, 5.41) is 36.9. The average molecular weight is 978 g/mol. The minimum absolute atomic E-state index is 0.0517. The number of amides is 2. The van der Waals surface area contributed by atoms with Gasteiger partial charge in [0.25, 0.3) is 0 Å².